The van der Waals surface area contributed by atoms with Crippen molar-refractivity contribution in [3.05, 3.63) is 23.8 Å². The minimum atomic E-state index is -0.977. The number of ether oxygens (including phenoxy) is 8. The smallest absolute Gasteiger partial charge is 0.338 e. The lowest BCUT2D eigenvalue weighted by Gasteiger charge is -2.69. The number of hydrogen-bond donors (Lipinski definition) is 0. The normalized spacial score (nSPS) is 44.2. The largest absolute Gasteiger partial charge is 0.493 e. The van der Waals surface area contributed by atoms with Gasteiger partial charge in [0, 0.05) is 88.9 Å². The van der Waals surface area contributed by atoms with E-state index in [1.807, 2.05) is 7.11 Å². The number of methoxy groups -OCH3 is 6. The first-order chi connectivity index (χ1) is 22.7. The van der Waals surface area contributed by atoms with E-state index in [0.29, 0.717) is 30.1 Å². The molecule has 5 aliphatic carbocycles. The third-order valence-electron chi connectivity index (χ3n) is 13.5. The fraction of sp³-hybridized carbons (Fsp3) is 0.778. The molecular formula is C36H51NO10. The minimum absolute atomic E-state index is 0.0254. The molecule has 1 aromatic carbocycles. The standard InChI is InChI=1S/C36H51NO10/c1-9-37-17-34(18-40-3)13-12-26(44-7)36-22-15-21-25(43-6)16-35(47-19(2)38,28(32(36)37)30(45-8)31(34)36)27(22)29(21)46-33(39)20-10-11-23(41-4)24(14-20)42-5/h10-11,14,21-22,25-32H,9,12-13,15-18H2,1-8H3. The molecule has 6 aliphatic rings. The van der Waals surface area contributed by atoms with E-state index in [1.54, 1.807) is 53.7 Å². The maximum absolute atomic E-state index is 14.1. The Labute approximate surface area is 277 Å². The van der Waals surface area contributed by atoms with E-state index in [-0.39, 0.29) is 70.7 Å². The highest BCUT2D eigenvalue weighted by Gasteiger charge is 2.88. The molecule has 47 heavy (non-hydrogen) atoms. The van der Waals surface area contributed by atoms with Crippen LogP contribution in [0, 0.1) is 40.4 Å². The summed E-state index contributed by atoms with van der Waals surface area (Å²) in [5, 5.41) is 0. The Kier molecular flexibility index (Phi) is 8.35. The van der Waals surface area contributed by atoms with Crippen molar-refractivity contribution in [3.63, 3.8) is 0 Å². The summed E-state index contributed by atoms with van der Waals surface area (Å²) in [4.78, 5) is 30.0. The Morgan fingerprint density at radius 3 is 2.34 bits per heavy atom. The summed E-state index contributed by atoms with van der Waals surface area (Å²) in [6, 6.07) is 5.10. The molecule has 0 radical (unpaired) electrons. The van der Waals surface area contributed by atoms with Gasteiger partial charge in [0.1, 0.15) is 11.7 Å². The van der Waals surface area contributed by atoms with Crippen LogP contribution in [0.4, 0.5) is 0 Å². The Bertz CT molecular complexity index is 1390. The molecule has 13 atom stereocenters. The number of fused-ring (bicyclic) bond motifs is 2. The molecule has 1 aliphatic heterocycles. The highest BCUT2D eigenvalue weighted by atomic mass is 16.6. The second kappa shape index (κ2) is 11.9. The van der Waals surface area contributed by atoms with Crippen molar-refractivity contribution < 1.29 is 47.5 Å². The van der Waals surface area contributed by atoms with Gasteiger partial charge in [0.2, 0.25) is 0 Å². The van der Waals surface area contributed by atoms with Gasteiger partial charge in [-0.05, 0) is 49.9 Å². The number of rotatable bonds is 11. The van der Waals surface area contributed by atoms with Gasteiger partial charge in [-0.3, -0.25) is 9.69 Å². The lowest BCUT2D eigenvalue weighted by atomic mass is 9.43. The molecule has 6 fully saturated rings. The SMILES string of the molecule is CCN1CC2(COC)CCC(OC)C34C5CC6C(OC)CC(OC(C)=O)(C5C6OC(=O)c5ccc(OC)c(OC)c5)C(C(OC)C23)C14. The second-order valence-corrected chi connectivity index (χ2v) is 14.8. The molecule has 11 nitrogen and oxygen atoms in total. The molecule has 1 spiro atoms. The molecule has 7 bridgehead atoms. The number of likely N-dealkylation sites (tertiary alicyclic amines) is 1. The van der Waals surface area contributed by atoms with Crippen LogP contribution in [-0.2, 0) is 33.2 Å². The molecule has 0 aromatic heterocycles. The van der Waals surface area contributed by atoms with Crippen LogP contribution in [0.3, 0.4) is 0 Å². The fourth-order valence-electron chi connectivity index (χ4n) is 12.7. The molecule has 11 heteroatoms. The van der Waals surface area contributed by atoms with Crippen LogP contribution in [0.25, 0.3) is 0 Å². The molecule has 13 unspecified atom stereocenters. The van der Waals surface area contributed by atoms with Crippen molar-refractivity contribution >= 4 is 11.9 Å². The first kappa shape index (κ1) is 33.1. The minimum Gasteiger partial charge on any atom is -0.493 e. The van der Waals surface area contributed by atoms with Gasteiger partial charge in [-0.15, -0.1) is 0 Å². The maximum atomic E-state index is 14.1. The number of hydrogen-bond acceptors (Lipinski definition) is 11. The van der Waals surface area contributed by atoms with E-state index in [2.05, 4.69) is 11.8 Å². The van der Waals surface area contributed by atoms with Crippen LogP contribution in [0.15, 0.2) is 18.2 Å². The van der Waals surface area contributed by atoms with E-state index in [1.165, 1.54) is 6.92 Å². The van der Waals surface area contributed by atoms with Crippen molar-refractivity contribution in [2.45, 2.75) is 75.6 Å². The lowest BCUT2D eigenvalue weighted by Crippen LogP contribution is -2.77. The Hall–Kier alpha value is -2.44. The van der Waals surface area contributed by atoms with Gasteiger partial charge < -0.3 is 37.9 Å². The molecule has 1 heterocycles. The molecule has 7 rings (SSSR count). The maximum Gasteiger partial charge on any atom is 0.338 e. The highest BCUT2D eigenvalue weighted by Crippen LogP contribution is 2.80. The van der Waals surface area contributed by atoms with Gasteiger partial charge >= 0.3 is 11.9 Å². The van der Waals surface area contributed by atoms with Gasteiger partial charge in [-0.1, -0.05) is 6.92 Å². The van der Waals surface area contributed by atoms with Crippen LogP contribution in [0.2, 0.25) is 0 Å². The predicted molar refractivity (Wildman–Crippen MR) is 169 cm³/mol. The summed E-state index contributed by atoms with van der Waals surface area (Å²) in [6.07, 6.45) is 2.08. The summed E-state index contributed by atoms with van der Waals surface area (Å²) in [5.41, 5.74) is -1.10. The summed E-state index contributed by atoms with van der Waals surface area (Å²) in [5.74, 6) is -0.209. The van der Waals surface area contributed by atoms with E-state index in [4.69, 9.17) is 37.9 Å². The lowest BCUT2D eigenvalue weighted by molar-refractivity contribution is -0.280. The molecule has 1 aromatic rings. The third-order valence-corrected chi connectivity index (χ3v) is 13.5. The van der Waals surface area contributed by atoms with Crippen molar-refractivity contribution in [1.29, 1.82) is 0 Å². The van der Waals surface area contributed by atoms with E-state index in [0.717, 1.165) is 32.4 Å². The fourth-order valence-corrected chi connectivity index (χ4v) is 12.7. The first-order valence-corrected chi connectivity index (χ1v) is 17.1. The van der Waals surface area contributed by atoms with Crippen molar-refractivity contribution in [3.8, 4) is 11.5 Å². The number of esters is 2. The Morgan fingerprint density at radius 2 is 1.72 bits per heavy atom. The van der Waals surface area contributed by atoms with Crippen molar-refractivity contribution in [2.75, 3.05) is 62.4 Å². The number of carbonyl (C=O) groups excluding carboxylic acids is 2. The van der Waals surface area contributed by atoms with Gasteiger partial charge in [-0.25, -0.2) is 4.79 Å². The van der Waals surface area contributed by atoms with Crippen LogP contribution in [0.5, 0.6) is 11.5 Å². The number of piperidine rings is 1. The highest BCUT2D eigenvalue weighted by molar-refractivity contribution is 5.90. The van der Waals surface area contributed by atoms with E-state index in [9.17, 15) is 9.59 Å². The molecular weight excluding hydrogens is 606 g/mol. The zero-order valence-electron chi connectivity index (χ0n) is 29.0. The zero-order chi connectivity index (χ0) is 33.5. The van der Waals surface area contributed by atoms with Crippen molar-refractivity contribution in [1.82, 2.24) is 4.90 Å². The Morgan fingerprint density at radius 1 is 0.957 bits per heavy atom. The summed E-state index contributed by atoms with van der Waals surface area (Å²) < 4.78 is 49.8. The van der Waals surface area contributed by atoms with E-state index >= 15 is 0 Å². The van der Waals surface area contributed by atoms with Gasteiger partial charge in [0.05, 0.1) is 44.7 Å². The third kappa shape index (κ3) is 4.22. The van der Waals surface area contributed by atoms with Crippen LogP contribution >= 0.6 is 0 Å². The van der Waals surface area contributed by atoms with E-state index < -0.39 is 17.7 Å². The Balaban J connectivity index is 1.42. The number of nitrogens with zero attached hydrogens (tertiary/aromatic N) is 1. The molecule has 0 amide bonds. The molecule has 260 valence electrons. The van der Waals surface area contributed by atoms with Crippen LogP contribution in [-0.4, -0.2) is 115 Å². The van der Waals surface area contributed by atoms with Gasteiger partial charge in [0.25, 0.3) is 0 Å². The second-order valence-electron chi connectivity index (χ2n) is 14.8. The van der Waals surface area contributed by atoms with Crippen LogP contribution in [0.1, 0.15) is 49.9 Å². The monoisotopic (exact) mass is 657 g/mol. The molecule has 5 saturated carbocycles. The molecule has 0 N–H and O–H groups in total. The first-order valence-electron chi connectivity index (χ1n) is 17.1. The predicted octanol–water partition coefficient (Wildman–Crippen LogP) is 3.61. The van der Waals surface area contributed by atoms with Gasteiger partial charge in [0.15, 0.2) is 11.5 Å². The molecule has 1 saturated heterocycles. The topological polar surface area (TPSA) is 111 Å². The van der Waals surface area contributed by atoms with Crippen LogP contribution < -0.4 is 9.47 Å². The van der Waals surface area contributed by atoms with Gasteiger partial charge in [-0.2, -0.15) is 0 Å². The summed E-state index contributed by atoms with van der Waals surface area (Å²) in [7, 11) is 10.2. The summed E-state index contributed by atoms with van der Waals surface area (Å²) >= 11 is 0. The quantitative estimate of drug-likeness (QED) is 0.326. The summed E-state index contributed by atoms with van der Waals surface area (Å²) in [6.45, 7) is 6.06. The van der Waals surface area contributed by atoms with Crippen molar-refractivity contribution in [2.24, 2.45) is 40.4 Å². The zero-order valence-corrected chi connectivity index (χ0v) is 29.0. The number of benzene rings is 1. The average molecular weight is 658 g/mol. The average Bonchev–Trinajstić information content (AvgIpc) is 3.49. The number of carbonyl (C=O) groups is 2.